The molecule has 184 valence electrons. The van der Waals surface area contributed by atoms with E-state index in [4.69, 9.17) is 0 Å². The second-order valence-electron chi connectivity index (χ2n) is 8.24. The summed E-state index contributed by atoms with van der Waals surface area (Å²) in [5, 5.41) is 0. The zero-order chi connectivity index (χ0) is 24.2. The minimum Gasteiger partial charge on any atom is -0.340 e. The second-order valence-corrected chi connectivity index (χ2v) is 11.6. The Hall–Kier alpha value is -2.02. The summed E-state index contributed by atoms with van der Waals surface area (Å²) in [5.74, 6) is -0.330. The topological polar surface area (TPSA) is 102 Å². The van der Waals surface area contributed by atoms with Crippen LogP contribution in [0.5, 0.6) is 0 Å². The number of carbonyl (C=O) groups excluding carboxylic acids is 3. The lowest BCUT2D eigenvalue weighted by atomic mass is 10.2. The monoisotopic (exact) mass is 499 g/mol. The SMILES string of the molecule is CCN(CC)S(=O)(=O)c1ccc(CN2CCC(=O)N(CCC(=O)N3CCN(C)CC3)C2=O)s1. The van der Waals surface area contributed by atoms with Crippen LogP contribution in [-0.4, -0.2) is 110 Å². The minimum absolute atomic E-state index is 0.0506. The molecular formula is C21H33N5O5S2. The lowest BCUT2D eigenvalue weighted by molar-refractivity contribution is -0.135. The summed E-state index contributed by atoms with van der Waals surface area (Å²) in [7, 11) is -1.54. The first-order chi connectivity index (χ1) is 15.7. The van der Waals surface area contributed by atoms with Gasteiger partial charge in [-0.25, -0.2) is 13.2 Å². The zero-order valence-electron chi connectivity index (χ0n) is 19.5. The number of amides is 4. The van der Waals surface area contributed by atoms with Gasteiger partial charge in [-0.2, -0.15) is 4.31 Å². The number of imide groups is 1. The van der Waals surface area contributed by atoms with Crippen molar-refractivity contribution >= 4 is 39.2 Å². The van der Waals surface area contributed by atoms with Gasteiger partial charge in [-0.15, -0.1) is 11.3 Å². The van der Waals surface area contributed by atoms with Crippen molar-refractivity contribution in [1.82, 2.24) is 23.9 Å². The average molecular weight is 500 g/mol. The number of rotatable bonds is 9. The van der Waals surface area contributed by atoms with Gasteiger partial charge in [0.05, 0.1) is 6.54 Å². The van der Waals surface area contributed by atoms with E-state index in [0.29, 0.717) is 26.2 Å². The van der Waals surface area contributed by atoms with Crippen LogP contribution in [0.15, 0.2) is 16.3 Å². The van der Waals surface area contributed by atoms with Gasteiger partial charge in [-0.05, 0) is 19.2 Å². The fourth-order valence-corrected chi connectivity index (χ4v) is 6.97. The molecule has 2 aliphatic rings. The summed E-state index contributed by atoms with van der Waals surface area (Å²) in [5.41, 5.74) is 0. The highest BCUT2D eigenvalue weighted by Crippen LogP contribution is 2.27. The Balaban J connectivity index is 1.60. The number of likely N-dealkylation sites (N-methyl/N-ethyl adjacent to an activating group) is 1. The molecule has 0 atom stereocenters. The van der Waals surface area contributed by atoms with Crippen molar-refractivity contribution in [3.05, 3.63) is 17.0 Å². The lowest BCUT2D eigenvalue weighted by Gasteiger charge is -2.35. The molecule has 10 nitrogen and oxygen atoms in total. The molecule has 0 N–H and O–H groups in total. The first-order valence-corrected chi connectivity index (χ1v) is 13.6. The standard InChI is InChI=1S/C21H33N5O5S2/c1-4-25(5-2)33(30,31)20-7-6-17(32-20)16-24-10-8-19(28)26(21(24)29)11-9-18(27)23-14-12-22(3)13-15-23/h6-7H,4-5,8-16H2,1-3H3. The summed E-state index contributed by atoms with van der Waals surface area (Å²) >= 11 is 1.14. The molecule has 0 saturated carbocycles. The summed E-state index contributed by atoms with van der Waals surface area (Å²) < 4.78 is 27.1. The number of carbonyl (C=O) groups is 3. The molecule has 0 spiro atoms. The number of urea groups is 1. The van der Waals surface area contributed by atoms with Crippen molar-refractivity contribution in [2.24, 2.45) is 0 Å². The van der Waals surface area contributed by atoms with Crippen molar-refractivity contribution in [2.75, 3.05) is 59.4 Å². The summed E-state index contributed by atoms with van der Waals surface area (Å²) in [6, 6.07) is 2.85. The lowest BCUT2D eigenvalue weighted by Crippen LogP contribution is -2.53. The van der Waals surface area contributed by atoms with Gasteiger partial charge in [-0.1, -0.05) is 13.8 Å². The van der Waals surface area contributed by atoms with Crippen molar-refractivity contribution in [1.29, 1.82) is 0 Å². The van der Waals surface area contributed by atoms with Crippen LogP contribution < -0.4 is 0 Å². The highest BCUT2D eigenvalue weighted by Gasteiger charge is 2.33. The van der Waals surface area contributed by atoms with E-state index in [0.717, 1.165) is 34.2 Å². The summed E-state index contributed by atoms with van der Waals surface area (Å²) in [4.78, 5) is 45.2. The maximum atomic E-state index is 13.0. The minimum atomic E-state index is -3.55. The third kappa shape index (κ3) is 5.92. The van der Waals surface area contributed by atoms with E-state index in [-0.39, 0.29) is 48.5 Å². The molecule has 0 aliphatic carbocycles. The van der Waals surface area contributed by atoms with E-state index in [1.54, 1.807) is 35.8 Å². The number of thiophene rings is 1. The molecule has 2 fully saturated rings. The Morgan fingerprint density at radius 1 is 1.06 bits per heavy atom. The van der Waals surface area contributed by atoms with Gasteiger partial charge in [0, 0.05) is 70.1 Å². The molecule has 3 heterocycles. The van der Waals surface area contributed by atoms with Crippen molar-refractivity contribution in [3.8, 4) is 0 Å². The first-order valence-electron chi connectivity index (χ1n) is 11.3. The maximum absolute atomic E-state index is 13.0. The Morgan fingerprint density at radius 2 is 1.73 bits per heavy atom. The molecule has 0 aromatic carbocycles. The van der Waals surface area contributed by atoms with Gasteiger partial charge in [0.15, 0.2) is 0 Å². The molecule has 4 amide bonds. The highest BCUT2D eigenvalue weighted by molar-refractivity contribution is 7.91. The van der Waals surface area contributed by atoms with E-state index in [1.807, 2.05) is 7.05 Å². The van der Waals surface area contributed by atoms with Crippen LogP contribution in [0.2, 0.25) is 0 Å². The van der Waals surface area contributed by atoms with Crippen LogP contribution >= 0.6 is 11.3 Å². The smallest absolute Gasteiger partial charge is 0.327 e. The molecular weight excluding hydrogens is 466 g/mol. The zero-order valence-corrected chi connectivity index (χ0v) is 21.2. The number of hydrogen-bond donors (Lipinski definition) is 0. The third-order valence-corrected chi connectivity index (χ3v) is 9.67. The van der Waals surface area contributed by atoms with Gasteiger partial charge in [-0.3, -0.25) is 14.5 Å². The summed E-state index contributed by atoms with van der Waals surface area (Å²) in [6.45, 7) is 7.86. The second kappa shape index (κ2) is 10.9. The maximum Gasteiger partial charge on any atom is 0.327 e. The van der Waals surface area contributed by atoms with Crippen LogP contribution in [0.3, 0.4) is 0 Å². The molecule has 12 heteroatoms. The van der Waals surface area contributed by atoms with E-state index in [2.05, 4.69) is 4.90 Å². The fraction of sp³-hybridized carbons (Fsp3) is 0.667. The molecule has 0 radical (unpaired) electrons. The van der Waals surface area contributed by atoms with Crippen LogP contribution in [0.25, 0.3) is 0 Å². The molecule has 33 heavy (non-hydrogen) atoms. The van der Waals surface area contributed by atoms with Crippen molar-refractivity contribution in [2.45, 2.75) is 37.4 Å². The molecule has 1 aromatic rings. The van der Waals surface area contributed by atoms with Crippen LogP contribution in [-0.2, 0) is 26.2 Å². The molecule has 3 rings (SSSR count). The number of hydrogen-bond acceptors (Lipinski definition) is 7. The van der Waals surface area contributed by atoms with Gasteiger partial charge < -0.3 is 14.7 Å². The van der Waals surface area contributed by atoms with Gasteiger partial charge in [0.25, 0.3) is 10.0 Å². The Kier molecular flexibility index (Phi) is 8.48. The Morgan fingerprint density at radius 3 is 2.36 bits per heavy atom. The van der Waals surface area contributed by atoms with Crippen LogP contribution in [0, 0.1) is 0 Å². The molecule has 2 aliphatic heterocycles. The van der Waals surface area contributed by atoms with Crippen LogP contribution in [0.1, 0.15) is 31.6 Å². The molecule has 1 aromatic heterocycles. The van der Waals surface area contributed by atoms with E-state index < -0.39 is 16.1 Å². The molecule has 2 saturated heterocycles. The van der Waals surface area contributed by atoms with Gasteiger partial charge >= 0.3 is 6.03 Å². The van der Waals surface area contributed by atoms with Gasteiger partial charge in [0.2, 0.25) is 11.8 Å². The van der Waals surface area contributed by atoms with Crippen molar-refractivity contribution in [3.63, 3.8) is 0 Å². The van der Waals surface area contributed by atoms with Crippen molar-refractivity contribution < 1.29 is 22.8 Å². The normalized spacial score (nSPS) is 18.5. The largest absolute Gasteiger partial charge is 0.340 e. The van der Waals surface area contributed by atoms with Gasteiger partial charge in [0.1, 0.15) is 4.21 Å². The average Bonchev–Trinajstić information content (AvgIpc) is 3.26. The number of nitrogens with zero attached hydrogens (tertiary/aromatic N) is 5. The van der Waals surface area contributed by atoms with E-state index >= 15 is 0 Å². The first kappa shape index (κ1) is 25.6. The fourth-order valence-electron chi connectivity index (χ4n) is 3.99. The molecule has 0 unspecified atom stereocenters. The van der Waals surface area contributed by atoms with E-state index in [9.17, 15) is 22.8 Å². The number of piperazine rings is 1. The third-order valence-electron chi connectivity index (χ3n) is 6.09. The number of sulfonamides is 1. The Bertz CT molecular complexity index is 967. The predicted octanol–water partition coefficient (Wildman–Crippen LogP) is 1.10. The summed E-state index contributed by atoms with van der Waals surface area (Å²) in [6.07, 6.45) is 0.296. The van der Waals surface area contributed by atoms with Crippen LogP contribution in [0.4, 0.5) is 4.79 Å². The highest BCUT2D eigenvalue weighted by atomic mass is 32.2. The quantitative estimate of drug-likeness (QED) is 0.504. The molecule has 0 bridgehead atoms. The Labute approximate surface area is 199 Å². The van der Waals surface area contributed by atoms with E-state index in [1.165, 1.54) is 4.31 Å². The predicted molar refractivity (Wildman–Crippen MR) is 125 cm³/mol.